The fourth-order valence-electron chi connectivity index (χ4n) is 3.80. The molecule has 0 spiro atoms. The van der Waals surface area contributed by atoms with E-state index in [1.54, 1.807) is 0 Å². The minimum Gasteiger partial charge on any atom is -0.380 e. The lowest BCUT2D eigenvalue weighted by molar-refractivity contribution is -0.175. The van der Waals surface area contributed by atoms with Crippen LogP contribution in [-0.4, -0.2) is 39.0 Å². The summed E-state index contributed by atoms with van der Waals surface area (Å²) in [5.74, 6) is 0.899. The SMILES string of the molecule is C1CCC(C2(CC3CNCCO3)COC2)CC1. The van der Waals surface area contributed by atoms with Gasteiger partial charge in [0.15, 0.2) is 0 Å². The number of morpholine rings is 1. The molecule has 98 valence electrons. The number of nitrogens with one attached hydrogen (secondary N) is 1. The lowest BCUT2D eigenvalue weighted by Gasteiger charge is -2.50. The first-order chi connectivity index (χ1) is 8.39. The van der Waals surface area contributed by atoms with Crippen LogP contribution in [0.15, 0.2) is 0 Å². The highest BCUT2D eigenvalue weighted by molar-refractivity contribution is 4.95. The van der Waals surface area contributed by atoms with Crippen molar-refractivity contribution in [2.45, 2.75) is 44.6 Å². The van der Waals surface area contributed by atoms with Crippen molar-refractivity contribution in [3.8, 4) is 0 Å². The van der Waals surface area contributed by atoms with Gasteiger partial charge < -0.3 is 14.8 Å². The van der Waals surface area contributed by atoms with E-state index in [1.807, 2.05) is 0 Å². The maximum atomic E-state index is 5.88. The topological polar surface area (TPSA) is 30.5 Å². The summed E-state index contributed by atoms with van der Waals surface area (Å²) in [6.45, 7) is 4.90. The molecule has 1 saturated carbocycles. The van der Waals surface area contributed by atoms with Gasteiger partial charge in [-0.3, -0.25) is 0 Å². The van der Waals surface area contributed by atoms with E-state index in [4.69, 9.17) is 9.47 Å². The first-order valence-corrected chi connectivity index (χ1v) is 7.29. The van der Waals surface area contributed by atoms with E-state index in [2.05, 4.69) is 5.32 Å². The molecular weight excluding hydrogens is 214 g/mol. The Hall–Kier alpha value is -0.120. The van der Waals surface area contributed by atoms with Gasteiger partial charge in [0.1, 0.15) is 0 Å². The van der Waals surface area contributed by atoms with Crippen LogP contribution in [0.2, 0.25) is 0 Å². The molecule has 0 aromatic carbocycles. The average molecular weight is 239 g/mol. The summed E-state index contributed by atoms with van der Waals surface area (Å²) in [5.41, 5.74) is 0.462. The maximum absolute atomic E-state index is 5.88. The van der Waals surface area contributed by atoms with E-state index < -0.39 is 0 Å². The molecule has 3 nitrogen and oxygen atoms in total. The van der Waals surface area contributed by atoms with E-state index in [0.29, 0.717) is 11.5 Å². The molecule has 2 heterocycles. The van der Waals surface area contributed by atoms with Crippen molar-refractivity contribution in [1.82, 2.24) is 5.32 Å². The molecular formula is C14H25NO2. The third-order valence-corrected chi connectivity index (χ3v) is 4.89. The molecule has 0 radical (unpaired) electrons. The molecule has 1 unspecified atom stereocenters. The van der Waals surface area contributed by atoms with Crippen LogP contribution in [0.25, 0.3) is 0 Å². The highest BCUT2D eigenvalue weighted by Gasteiger charge is 2.47. The second kappa shape index (κ2) is 5.25. The van der Waals surface area contributed by atoms with Gasteiger partial charge in [-0.25, -0.2) is 0 Å². The lowest BCUT2D eigenvalue weighted by atomic mass is 9.64. The van der Waals surface area contributed by atoms with Crippen molar-refractivity contribution in [2.24, 2.45) is 11.3 Å². The number of hydrogen-bond acceptors (Lipinski definition) is 3. The summed E-state index contributed by atoms with van der Waals surface area (Å²) in [6.07, 6.45) is 8.77. The highest BCUT2D eigenvalue weighted by Crippen LogP contribution is 2.47. The minimum atomic E-state index is 0.426. The fraction of sp³-hybridized carbons (Fsp3) is 1.00. The molecule has 2 aliphatic heterocycles. The van der Waals surface area contributed by atoms with Gasteiger partial charge in [-0.2, -0.15) is 0 Å². The zero-order valence-electron chi connectivity index (χ0n) is 10.7. The lowest BCUT2D eigenvalue weighted by Crippen LogP contribution is -2.53. The molecule has 3 aliphatic rings. The van der Waals surface area contributed by atoms with E-state index in [9.17, 15) is 0 Å². The van der Waals surface area contributed by atoms with Crippen LogP contribution in [0.3, 0.4) is 0 Å². The molecule has 0 aromatic rings. The molecule has 3 heteroatoms. The summed E-state index contributed by atoms with van der Waals surface area (Å²) in [6, 6.07) is 0. The second-order valence-electron chi connectivity index (χ2n) is 6.09. The van der Waals surface area contributed by atoms with Crippen LogP contribution in [-0.2, 0) is 9.47 Å². The molecule has 0 amide bonds. The van der Waals surface area contributed by atoms with E-state index in [1.165, 1.54) is 38.5 Å². The number of hydrogen-bond donors (Lipinski definition) is 1. The molecule has 2 saturated heterocycles. The smallest absolute Gasteiger partial charge is 0.0707 e. The molecule has 1 N–H and O–H groups in total. The quantitative estimate of drug-likeness (QED) is 0.816. The van der Waals surface area contributed by atoms with E-state index in [0.717, 1.165) is 38.8 Å². The third-order valence-electron chi connectivity index (χ3n) is 4.89. The summed E-state index contributed by atoms with van der Waals surface area (Å²) >= 11 is 0. The van der Waals surface area contributed by atoms with Crippen molar-refractivity contribution >= 4 is 0 Å². The van der Waals surface area contributed by atoms with Crippen molar-refractivity contribution in [3.05, 3.63) is 0 Å². The van der Waals surface area contributed by atoms with E-state index >= 15 is 0 Å². The zero-order valence-corrected chi connectivity index (χ0v) is 10.7. The van der Waals surface area contributed by atoms with Crippen LogP contribution in [0, 0.1) is 11.3 Å². The normalized spacial score (nSPS) is 34.2. The molecule has 3 rings (SSSR count). The first-order valence-electron chi connectivity index (χ1n) is 7.29. The zero-order chi connectivity index (χ0) is 11.6. The fourth-order valence-corrected chi connectivity index (χ4v) is 3.80. The van der Waals surface area contributed by atoms with Crippen molar-refractivity contribution in [2.75, 3.05) is 32.9 Å². The molecule has 0 aromatic heterocycles. The molecule has 3 fully saturated rings. The van der Waals surface area contributed by atoms with E-state index in [-0.39, 0.29) is 0 Å². The van der Waals surface area contributed by atoms with Crippen LogP contribution < -0.4 is 5.32 Å². The molecule has 17 heavy (non-hydrogen) atoms. The summed E-state index contributed by atoms with van der Waals surface area (Å²) in [7, 11) is 0. The predicted octanol–water partition coefficient (Wildman–Crippen LogP) is 1.96. The number of rotatable bonds is 3. The van der Waals surface area contributed by atoms with Gasteiger partial charge in [-0.1, -0.05) is 19.3 Å². The molecule has 1 atom stereocenters. The number of ether oxygens (including phenoxy) is 2. The van der Waals surface area contributed by atoms with Gasteiger partial charge in [0.05, 0.1) is 25.9 Å². The van der Waals surface area contributed by atoms with Gasteiger partial charge in [0, 0.05) is 18.5 Å². The second-order valence-corrected chi connectivity index (χ2v) is 6.09. The largest absolute Gasteiger partial charge is 0.380 e. The van der Waals surface area contributed by atoms with Gasteiger partial charge in [-0.15, -0.1) is 0 Å². The third kappa shape index (κ3) is 2.51. The predicted molar refractivity (Wildman–Crippen MR) is 67.1 cm³/mol. The van der Waals surface area contributed by atoms with Crippen molar-refractivity contribution < 1.29 is 9.47 Å². The summed E-state index contributed by atoms with van der Waals surface area (Å²) in [5, 5.41) is 3.44. The van der Waals surface area contributed by atoms with Crippen LogP contribution in [0.4, 0.5) is 0 Å². The Morgan fingerprint density at radius 3 is 2.53 bits per heavy atom. The highest BCUT2D eigenvalue weighted by atomic mass is 16.5. The van der Waals surface area contributed by atoms with Crippen molar-refractivity contribution in [3.63, 3.8) is 0 Å². The summed E-state index contributed by atoms with van der Waals surface area (Å²) in [4.78, 5) is 0. The Morgan fingerprint density at radius 1 is 1.12 bits per heavy atom. The average Bonchev–Trinajstić information content (AvgIpc) is 2.36. The summed E-state index contributed by atoms with van der Waals surface area (Å²) < 4.78 is 11.4. The van der Waals surface area contributed by atoms with Crippen LogP contribution in [0.5, 0.6) is 0 Å². The Labute approximate surface area is 104 Å². The Morgan fingerprint density at radius 2 is 1.94 bits per heavy atom. The Balaban J connectivity index is 1.60. The van der Waals surface area contributed by atoms with Crippen LogP contribution in [0.1, 0.15) is 38.5 Å². The molecule has 0 bridgehead atoms. The first kappa shape index (κ1) is 11.9. The monoisotopic (exact) mass is 239 g/mol. The standard InChI is InChI=1S/C14H25NO2/c1-2-4-12(5-3-1)14(10-16-11-14)8-13-9-15-6-7-17-13/h12-13,15H,1-11H2. The van der Waals surface area contributed by atoms with Gasteiger partial charge in [-0.05, 0) is 25.2 Å². The Kier molecular flexibility index (Phi) is 3.69. The Bertz CT molecular complexity index is 241. The maximum Gasteiger partial charge on any atom is 0.0707 e. The van der Waals surface area contributed by atoms with Gasteiger partial charge in [0.2, 0.25) is 0 Å². The van der Waals surface area contributed by atoms with Gasteiger partial charge >= 0.3 is 0 Å². The van der Waals surface area contributed by atoms with Crippen molar-refractivity contribution in [1.29, 1.82) is 0 Å². The minimum absolute atomic E-state index is 0.426. The van der Waals surface area contributed by atoms with Crippen LogP contribution >= 0.6 is 0 Å². The molecule has 1 aliphatic carbocycles. The van der Waals surface area contributed by atoms with Gasteiger partial charge in [0.25, 0.3) is 0 Å².